The van der Waals surface area contributed by atoms with Crippen LogP contribution in [-0.2, 0) is 0 Å². The van der Waals surface area contributed by atoms with E-state index in [9.17, 15) is 0 Å². The van der Waals surface area contributed by atoms with Gasteiger partial charge >= 0.3 is 0 Å². The summed E-state index contributed by atoms with van der Waals surface area (Å²) < 4.78 is 0. The van der Waals surface area contributed by atoms with E-state index in [1.54, 1.807) is 0 Å². The number of rotatable bonds is 3. The zero-order valence-electron chi connectivity index (χ0n) is 11.0. The van der Waals surface area contributed by atoms with Gasteiger partial charge in [-0.25, -0.2) is 0 Å². The van der Waals surface area contributed by atoms with Crippen LogP contribution in [0, 0.1) is 0 Å². The number of thioether (sulfide) groups is 1. The molecule has 0 spiro atoms. The molecule has 2 N–H and O–H groups in total. The fourth-order valence-corrected chi connectivity index (χ4v) is 4.56. The molecule has 2 aliphatic rings. The molecule has 1 saturated heterocycles. The number of para-hydroxylation sites is 1. The van der Waals surface area contributed by atoms with Gasteiger partial charge in [0.05, 0.1) is 0 Å². The molecule has 2 aliphatic heterocycles. The van der Waals surface area contributed by atoms with Gasteiger partial charge in [-0.2, -0.15) is 11.8 Å². The second-order valence-electron chi connectivity index (χ2n) is 5.52. The van der Waals surface area contributed by atoms with E-state index in [-0.39, 0.29) is 0 Å². The summed E-state index contributed by atoms with van der Waals surface area (Å²) >= 11 is 2.12. The lowest BCUT2D eigenvalue weighted by molar-refractivity contribution is 0.583. The van der Waals surface area contributed by atoms with E-state index in [4.69, 9.17) is 5.73 Å². The van der Waals surface area contributed by atoms with Gasteiger partial charge in [0, 0.05) is 35.2 Å². The Kier molecular flexibility index (Phi) is 3.53. The molecule has 0 radical (unpaired) electrons. The average molecular weight is 262 g/mol. The van der Waals surface area contributed by atoms with Crippen LogP contribution in [0.25, 0.3) is 0 Å². The van der Waals surface area contributed by atoms with Crippen molar-refractivity contribution in [3.05, 3.63) is 29.8 Å². The number of hydrogen-bond acceptors (Lipinski definition) is 3. The molecular formula is C15H22N2S. The predicted molar refractivity (Wildman–Crippen MR) is 80.5 cm³/mol. The molecule has 1 aromatic rings. The largest absolute Gasteiger partial charge is 0.367 e. The lowest BCUT2D eigenvalue weighted by Crippen LogP contribution is -2.34. The van der Waals surface area contributed by atoms with Crippen LogP contribution in [0.5, 0.6) is 0 Å². The third kappa shape index (κ3) is 2.14. The quantitative estimate of drug-likeness (QED) is 0.908. The number of anilines is 1. The van der Waals surface area contributed by atoms with Gasteiger partial charge in [0.25, 0.3) is 0 Å². The van der Waals surface area contributed by atoms with Gasteiger partial charge in [0.15, 0.2) is 0 Å². The highest BCUT2D eigenvalue weighted by atomic mass is 32.2. The number of nitrogens with zero attached hydrogens (tertiary/aromatic N) is 1. The maximum Gasteiger partial charge on any atom is 0.0405 e. The van der Waals surface area contributed by atoms with Gasteiger partial charge in [0.1, 0.15) is 0 Å². The molecule has 0 bridgehead atoms. The number of hydrogen-bond donors (Lipinski definition) is 1. The van der Waals surface area contributed by atoms with Crippen LogP contribution in [0.15, 0.2) is 24.3 Å². The van der Waals surface area contributed by atoms with Gasteiger partial charge in [-0.3, -0.25) is 0 Å². The van der Waals surface area contributed by atoms with E-state index in [2.05, 4.69) is 47.9 Å². The van der Waals surface area contributed by atoms with E-state index in [1.807, 2.05) is 0 Å². The fraction of sp³-hybridized carbons (Fsp3) is 0.600. The van der Waals surface area contributed by atoms with Crippen molar-refractivity contribution in [1.29, 1.82) is 0 Å². The molecule has 0 amide bonds. The average Bonchev–Trinajstić information content (AvgIpc) is 2.95. The van der Waals surface area contributed by atoms with Crippen molar-refractivity contribution in [2.24, 2.45) is 5.73 Å². The van der Waals surface area contributed by atoms with Crippen molar-refractivity contribution < 1.29 is 0 Å². The van der Waals surface area contributed by atoms with Crippen molar-refractivity contribution in [2.75, 3.05) is 23.7 Å². The first-order valence-electron chi connectivity index (χ1n) is 6.97. The molecule has 3 heteroatoms. The molecule has 0 saturated carbocycles. The standard InChI is InChI=1S/C15H22N2S/c1-11-8-13(10-18-11)17-9-12(6-7-16)14-4-2-3-5-15(14)17/h2-5,11-13H,6-10,16H2,1H3. The van der Waals surface area contributed by atoms with E-state index < -0.39 is 0 Å². The highest BCUT2D eigenvalue weighted by Crippen LogP contribution is 2.42. The minimum absolute atomic E-state index is 0.645. The lowest BCUT2D eigenvalue weighted by Gasteiger charge is -2.27. The maximum absolute atomic E-state index is 5.76. The molecule has 98 valence electrons. The molecule has 3 unspecified atom stereocenters. The summed E-state index contributed by atoms with van der Waals surface area (Å²) in [4.78, 5) is 2.64. The summed E-state index contributed by atoms with van der Waals surface area (Å²) in [5.41, 5.74) is 8.75. The SMILES string of the molecule is CC1CC(N2CC(CCN)c3ccccc32)CS1. The minimum atomic E-state index is 0.645. The highest BCUT2D eigenvalue weighted by Gasteiger charge is 2.35. The van der Waals surface area contributed by atoms with Gasteiger partial charge in [-0.05, 0) is 31.0 Å². The fourth-order valence-electron chi connectivity index (χ4n) is 3.33. The Labute approximate surface area is 114 Å². The Morgan fingerprint density at radius 1 is 1.39 bits per heavy atom. The topological polar surface area (TPSA) is 29.3 Å². The van der Waals surface area contributed by atoms with Crippen LogP contribution < -0.4 is 10.6 Å². The second-order valence-corrected chi connectivity index (χ2v) is 6.99. The second kappa shape index (κ2) is 5.14. The Hall–Kier alpha value is -0.670. The molecule has 3 rings (SSSR count). The van der Waals surface area contributed by atoms with Crippen LogP contribution >= 0.6 is 11.8 Å². The molecule has 0 aromatic heterocycles. The van der Waals surface area contributed by atoms with Gasteiger partial charge in [-0.15, -0.1) is 0 Å². The summed E-state index contributed by atoms with van der Waals surface area (Å²) in [6, 6.07) is 9.65. The van der Waals surface area contributed by atoms with Crippen LogP contribution in [0.4, 0.5) is 5.69 Å². The van der Waals surface area contributed by atoms with E-state index >= 15 is 0 Å². The molecule has 1 aromatic carbocycles. The van der Waals surface area contributed by atoms with Gasteiger partial charge in [-0.1, -0.05) is 25.1 Å². The molecule has 2 nitrogen and oxygen atoms in total. The van der Waals surface area contributed by atoms with Crippen molar-refractivity contribution in [2.45, 2.75) is 37.0 Å². The molecule has 0 aliphatic carbocycles. The van der Waals surface area contributed by atoms with Crippen LogP contribution in [0.3, 0.4) is 0 Å². The summed E-state index contributed by atoms with van der Waals surface area (Å²) in [5, 5.41) is 0.815. The van der Waals surface area contributed by atoms with Crippen molar-refractivity contribution in [3.63, 3.8) is 0 Å². The smallest absolute Gasteiger partial charge is 0.0405 e. The van der Waals surface area contributed by atoms with Gasteiger partial charge < -0.3 is 10.6 Å². The zero-order valence-corrected chi connectivity index (χ0v) is 11.8. The monoisotopic (exact) mass is 262 g/mol. The zero-order chi connectivity index (χ0) is 12.5. The highest BCUT2D eigenvalue weighted by molar-refractivity contribution is 8.00. The van der Waals surface area contributed by atoms with E-state index in [1.165, 1.54) is 30.0 Å². The van der Waals surface area contributed by atoms with E-state index in [0.29, 0.717) is 5.92 Å². The molecule has 18 heavy (non-hydrogen) atoms. The van der Waals surface area contributed by atoms with Gasteiger partial charge in [0.2, 0.25) is 0 Å². The Morgan fingerprint density at radius 2 is 2.22 bits per heavy atom. The Morgan fingerprint density at radius 3 is 2.94 bits per heavy atom. The number of fused-ring (bicyclic) bond motifs is 1. The lowest BCUT2D eigenvalue weighted by atomic mass is 9.98. The van der Waals surface area contributed by atoms with Crippen molar-refractivity contribution in [3.8, 4) is 0 Å². The number of nitrogens with two attached hydrogens (primary N) is 1. The minimum Gasteiger partial charge on any atom is -0.367 e. The predicted octanol–water partition coefficient (Wildman–Crippen LogP) is 2.83. The molecule has 1 fully saturated rings. The maximum atomic E-state index is 5.76. The van der Waals surface area contributed by atoms with Crippen LogP contribution in [0.1, 0.15) is 31.2 Å². The molecule has 3 atom stereocenters. The van der Waals surface area contributed by atoms with Crippen molar-refractivity contribution >= 4 is 17.4 Å². The van der Waals surface area contributed by atoms with Crippen molar-refractivity contribution in [1.82, 2.24) is 0 Å². The molecular weight excluding hydrogens is 240 g/mol. The first-order chi connectivity index (χ1) is 8.79. The third-order valence-corrected chi connectivity index (χ3v) is 5.57. The Bertz CT molecular complexity index is 421. The first-order valence-corrected chi connectivity index (χ1v) is 8.01. The van der Waals surface area contributed by atoms with E-state index in [0.717, 1.165) is 24.3 Å². The summed E-state index contributed by atoms with van der Waals surface area (Å²) in [6.07, 6.45) is 2.44. The summed E-state index contributed by atoms with van der Waals surface area (Å²) in [5.74, 6) is 1.93. The first kappa shape index (κ1) is 12.4. The molecule has 2 heterocycles. The Balaban J connectivity index is 1.85. The third-order valence-electron chi connectivity index (χ3n) is 4.24. The normalized spacial score (nSPS) is 30.8. The van der Waals surface area contributed by atoms with Crippen LogP contribution in [-0.4, -0.2) is 30.1 Å². The van der Waals surface area contributed by atoms with Crippen LogP contribution in [0.2, 0.25) is 0 Å². The summed E-state index contributed by atoms with van der Waals surface area (Å²) in [6.45, 7) is 4.32. The summed E-state index contributed by atoms with van der Waals surface area (Å²) in [7, 11) is 0. The number of benzene rings is 1.